The van der Waals surface area contributed by atoms with Crippen LogP contribution in [-0.4, -0.2) is 12.7 Å². The van der Waals surface area contributed by atoms with Crippen molar-refractivity contribution < 1.29 is 4.74 Å². The molecule has 0 radical (unpaired) electrons. The maximum atomic E-state index is 5.75. The first-order valence-electron chi connectivity index (χ1n) is 7.85. The summed E-state index contributed by atoms with van der Waals surface area (Å²) in [6.07, 6.45) is 6.08. The molecule has 3 nitrogen and oxygen atoms in total. The van der Waals surface area contributed by atoms with Gasteiger partial charge >= 0.3 is 0 Å². The molecule has 2 rings (SSSR count). The second-order valence-electron chi connectivity index (χ2n) is 6.27. The molecule has 0 spiro atoms. The van der Waals surface area contributed by atoms with Crippen LogP contribution in [-0.2, 0) is 11.2 Å². The standard InChI is InChI=1S/C17H28N2O/c1-13(2)11-14-5-3-6-15(12-14)17(19-18)9-8-16-7-4-10-20-16/h3,5-6,12-13,16-17,19H,4,7-11,18H2,1-2H3. The number of benzene rings is 1. The highest BCUT2D eigenvalue weighted by molar-refractivity contribution is 5.26. The molecule has 0 amide bonds. The molecular formula is C17H28N2O. The van der Waals surface area contributed by atoms with Crippen LogP contribution in [0.25, 0.3) is 0 Å². The number of nitrogens with two attached hydrogens (primary N) is 1. The van der Waals surface area contributed by atoms with Crippen LogP contribution >= 0.6 is 0 Å². The number of ether oxygens (including phenoxy) is 1. The Balaban J connectivity index is 1.95. The van der Waals surface area contributed by atoms with Crippen molar-refractivity contribution in [2.45, 2.75) is 58.1 Å². The summed E-state index contributed by atoms with van der Waals surface area (Å²) in [4.78, 5) is 0. The summed E-state index contributed by atoms with van der Waals surface area (Å²) in [5, 5.41) is 0. The predicted molar refractivity (Wildman–Crippen MR) is 83.3 cm³/mol. The molecule has 1 fully saturated rings. The second kappa shape index (κ2) is 7.77. The zero-order chi connectivity index (χ0) is 14.4. The van der Waals surface area contributed by atoms with E-state index in [1.807, 2.05) is 0 Å². The van der Waals surface area contributed by atoms with E-state index in [1.165, 1.54) is 24.0 Å². The van der Waals surface area contributed by atoms with Gasteiger partial charge in [-0.3, -0.25) is 11.3 Å². The molecule has 20 heavy (non-hydrogen) atoms. The summed E-state index contributed by atoms with van der Waals surface area (Å²) in [6, 6.07) is 9.04. The second-order valence-corrected chi connectivity index (χ2v) is 6.27. The van der Waals surface area contributed by atoms with Crippen molar-refractivity contribution in [2.24, 2.45) is 11.8 Å². The monoisotopic (exact) mass is 276 g/mol. The van der Waals surface area contributed by atoms with Gasteiger partial charge in [-0.1, -0.05) is 38.1 Å². The zero-order valence-electron chi connectivity index (χ0n) is 12.8. The summed E-state index contributed by atoms with van der Waals surface area (Å²) in [5.74, 6) is 6.43. The number of hydrogen-bond acceptors (Lipinski definition) is 3. The van der Waals surface area contributed by atoms with Gasteiger partial charge in [0.05, 0.1) is 6.10 Å². The van der Waals surface area contributed by atoms with Crippen LogP contribution in [0.5, 0.6) is 0 Å². The fourth-order valence-electron chi connectivity index (χ4n) is 2.98. The van der Waals surface area contributed by atoms with Gasteiger partial charge in [-0.2, -0.15) is 0 Å². The summed E-state index contributed by atoms with van der Waals surface area (Å²) in [5.41, 5.74) is 5.66. The van der Waals surface area contributed by atoms with Crippen molar-refractivity contribution in [3.63, 3.8) is 0 Å². The third kappa shape index (κ3) is 4.58. The van der Waals surface area contributed by atoms with Crippen LogP contribution in [0.3, 0.4) is 0 Å². The fourth-order valence-corrected chi connectivity index (χ4v) is 2.98. The molecule has 1 heterocycles. The number of rotatable bonds is 7. The number of nitrogens with one attached hydrogen (secondary N) is 1. The molecule has 1 aliphatic rings. The average Bonchev–Trinajstić information content (AvgIpc) is 2.92. The van der Waals surface area contributed by atoms with Gasteiger partial charge in [-0.05, 0) is 49.1 Å². The SMILES string of the molecule is CC(C)Cc1cccc(C(CCC2CCCO2)NN)c1. The molecule has 3 heteroatoms. The minimum absolute atomic E-state index is 0.228. The van der Waals surface area contributed by atoms with Crippen LogP contribution in [0, 0.1) is 5.92 Å². The smallest absolute Gasteiger partial charge is 0.0576 e. The molecule has 1 aromatic rings. The third-order valence-electron chi connectivity index (χ3n) is 4.00. The lowest BCUT2D eigenvalue weighted by atomic mass is 9.95. The first-order valence-corrected chi connectivity index (χ1v) is 7.85. The first-order chi connectivity index (χ1) is 9.69. The summed E-state index contributed by atoms with van der Waals surface area (Å²) in [7, 11) is 0. The highest BCUT2D eigenvalue weighted by Crippen LogP contribution is 2.24. The fraction of sp³-hybridized carbons (Fsp3) is 0.647. The third-order valence-corrected chi connectivity index (χ3v) is 4.00. The van der Waals surface area contributed by atoms with Gasteiger partial charge in [0.1, 0.15) is 0 Å². The van der Waals surface area contributed by atoms with E-state index < -0.39 is 0 Å². The largest absolute Gasteiger partial charge is 0.378 e. The van der Waals surface area contributed by atoms with Crippen LogP contribution in [0.4, 0.5) is 0 Å². The Bertz CT molecular complexity index is 400. The Labute approximate surface area is 122 Å². The lowest BCUT2D eigenvalue weighted by Crippen LogP contribution is -2.29. The van der Waals surface area contributed by atoms with E-state index in [-0.39, 0.29) is 6.04 Å². The minimum atomic E-state index is 0.228. The van der Waals surface area contributed by atoms with Crippen molar-refractivity contribution in [1.82, 2.24) is 5.43 Å². The van der Waals surface area contributed by atoms with Gasteiger partial charge in [0.2, 0.25) is 0 Å². The van der Waals surface area contributed by atoms with Gasteiger partial charge in [-0.15, -0.1) is 0 Å². The van der Waals surface area contributed by atoms with Gasteiger partial charge in [-0.25, -0.2) is 0 Å². The van der Waals surface area contributed by atoms with Gasteiger partial charge in [0, 0.05) is 12.6 Å². The lowest BCUT2D eigenvalue weighted by molar-refractivity contribution is 0.0996. The molecule has 3 N–H and O–H groups in total. The number of hydrogen-bond donors (Lipinski definition) is 2. The maximum absolute atomic E-state index is 5.75. The van der Waals surface area contributed by atoms with E-state index in [4.69, 9.17) is 10.6 Å². The first kappa shape index (κ1) is 15.5. The van der Waals surface area contributed by atoms with Crippen molar-refractivity contribution in [2.75, 3.05) is 6.61 Å². The summed E-state index contributed by atoms with van der Waals surface area (Å²) in [6.45, 7) is 5.43. The van der Waals surface area contributed by atoms with Crippen molar-refractivity contribution in [3.8, 4) is 0 Å². The molecular weight excluding hydrogens is 248 g/mol. The van der Waals surface area contributed by atoms with Crippen molar-refractivity contribution in [3.05, 3.63) is 35.4 Å². The van der Waals surface area contributed by atoms with E-state index in [0.717, 1.165) is 25.9 Å². The van der Waals surface area contributed by atoms with E-state index in [9.17, 15) is 0 Å². The molecule has 2 unspecified atom stereocenters. The lowest BCUT2D eigenvalue weighted by Gasteiger charge is -2.19. The maximum Gasteiger partial charge on any atom is 0.0576 e. The summed E-state index contributed by atoms with van der Waals surface area (Å²) >= 11 is 0. The molecule has 0 aromatic heterocycles. The molecule has 1 aliphatic heterocycles. The van der Waals surface area contributed by atoms with Crippen LogP contribution in [0.2, 0.25) is 0 Å². The topological polar surface area (TPSA) is 47.3 Å². The Morgan fingerprint density at radius 1 is 1.40 bits per heavy atom. The zero-order valence-corrected chi connectivity index (χ0v) is 12.8. The van der Waals surface area contributed by atoms with E-state index in [1.54, 1.807) is 0 Å². The van der Waals surface area contributed by atoms with Gasteiger partial charge < -0.3 is 4.74 Å². The van der Waals surface area contributed by atoms with E-state index >= 15 is 0 Å². The van der Waals surface area contributed by atoms with Crippen LogP contribution < -0.4 is 11.3 Å². The highest BCUT2D eigenvalue weighted by atomic mass is 16.5. The predicted octanol–water partition coefficient (Wildman–Crippen LogP) is 3.35. The molecule has 2 atom stereocenters. The molecule has 0 aliphatic carbocycles. The minimum Gasteiger partial charge on any atom is -0.378 e. The Morgan fingerprint density at radius 2 is 2.25 bits per heavy atom. The van der Waals surface area contributed by atoms with Crippen LogP contribution in [0.15, 0.2) is 24.3 Å². The highest BCUT2D eigenvalue weighted by Gasteiger charge is 2.18. The van der Waals surface area contributed by atoms with E-state index in [0.29, 0.717) is 12.0 Å². The normalized spacial score (nSPS) is 20.5. The van der Waals surface area contributed by atoms with Crippen LogP contribution in [0.1, 0.15) is 56.7 Å². The van der Waals surface area contributed by atoms with Gasteiger partial charge in [0.25, 0.3) is 0 Å². The average molecular weight is 276 g/mol. The molecule has 1 saturated heterocycles. The Hall–Kier alpha value is -0.900. The Kier molecular flexibility index (Phi) is 6.02. The number of hydrazine groups is 1. The quantitative estimate of drug-likeness (QED) is 0.593. The molecule has 1 aromatic carbocycles. The molecule has 0 bridgehead atoms. The van der Waals surface area contributed by atoms with Gasteiger partial charge in [0.15, 0.2) is 0 Å². The van der Waals surface area contributed by atoms with Crippen molar-refractivity contribution >= 4 is 0 Å². The van der Waals surface area contributed by atoms with Crippen molar-refractivity contribution in [1.29, 1.82) is 0 Å². The Morgan fingerprint density at radius 3 is 2.90 bits per heavy atom. The van der Waals surface area contributed by atoms with E-state index in [2.05, 4.69) is 43.5 Å². The molecule has 112 valence electrons. The molecule has 0 saturated carbocycles. The summed E-state index contributed by atoms with van der Waals surface area (Å²) < 4.78 is 5.69.